The molecule has 0 spiro atoms. The third-order valence-corrected chi connectivity index (χ3v) is 11.4. The number of hydrogen-bond acceptors (Lipinski definition) is 6. The Balaban J connectivity index is 1.30. The van der Waals surface area contributed by atoms with Crippen LogP contribution in [0.4, 0.5) is 5.69 Å². The Labute approximate surface area is 218 Å². The first-order valence-corrected chi connectivity index (χ1v) is 14.1. The van der Waals surface area contributed by atoms with E-state index in [1.54, 1.807) is 43.1 Å². The van der Waals surface area contributed by atoms with Crippen LogP contribution in [0.3, 0.4) is 0 Å². The van der Waals surface area contributed by atoms with E-state index in [9.17, 15) is 14.4 Å². The average molecular weight is 570 g/mol. The van der Waals surface area contributed by atoms with Crippen molar-refractivity contribution in [3.63, 3.8) is 0 Å². The molecule has 7 rings (SSSR count). The molecular formula is C26H21BrN2O4S2. The summed E-state index contributed by atoms with van der Waals surface area (Å²) in [7, 11) is 1.59. The summed E-state index contributed by atoms with van der Waals surface area (Å²) in [4.78, 5) is 45.2. The molecular weight excluding hydrogens is 548 g/mol. The third kappa shape index (κ3) is 3.04. The van der Waals surface area contributed by atoms with Crippen molar-refractivity contribution in [2.75, 3.05) is 12.0 Å². The van der Waals surface area contributed by atoms with Crippen LogP contribution in [0, 0.1) is 29.6 Å². The number of anilines is 1. The lowest BCUT2D eigenvalue weighted by molar-refractivity contribution is -0.123. The summed E-state index contributed by atoms with van der Waals surface area (Å²) in [6.45, 7) is 0. The van der Waals surface area contributed by atoms with Crippen molar-refractivity contribution in [2.24, 2.45) is 29.6 Å². The van der Waals surface area contributed by atoms with Gasteiger partial charge in [-0.15, -0.1) is 11.8 Å². The van der Waals surface area contributed by atoms with Gasteiger partial charge in [0.05, 0.1) is 29.7 Å². The van der Waals surface area contributed by atoms with Gasteiger partial charge in [0.1, 0.15) is 5.75 Å². The first kappa shape index (κ1) is 21.9. The van der Waals surface area contributed by atoms with E-state index >= 15 is 0 Å². The number of aromatic amines is 1. The molecule has 2 aliphatic carbocycles. The minimum atomic E-state index is -0.299. The largest absolute Gasteiger partial charge is 0.497 e. The number of halogens is 1. The molecule has 1 N–H and O–H groups in total. The molecule has 7 atom stereocenters. The number of methoxy groups -OCH3 is 1. The van der Waals surface area contributed by atoms with Gasteiger partial charge in [0.25, 0.3) is 0 Å². The maximum atomic E-state index is 13.8. The van der Waals surface area contributed by atoms with Crippen molar-refractivity contribution >= 4 is 56.5 Å². The van der Waals surface area contributed by atoms with Crippen LogP contribution >= 0.6 is 39.0 Å². The maximum absolute atomic E-state index is 13.8. The Bertz CT molecular complexity index is 1420. The fourth-order valence-electron chi connectivity index (χ4n) is 7.05. The van der Waals surface area contributed by atoms with Crippen molar-refractivity contribution in [1.82, 2.24) is 4.98 Å². The van der Waals surface area contributed by atoms with E-state index in [1.807, 2.05) is 12.1 Å². The highest BCUT2D eigenvalue weighted by Crippen LogP contribution is 2.68. The second-order valence-corrected chi connectivity index (χ2v) is 12.8. The van der Waals surface area contributed by atoms with Crippen LogP contribution in [0.1, 0.15) is 22.8 Å². The topological polar surface area (TPSA) is 79.5 Å². The average Bonchev–Trinajstić information content (AvgIpc) is 3.59. The summed E-state index contributed by atoms with van der Waals surface area (Å²) in [5.74, 6) is 0.419. The fraction of sp³-hybridized carbons (Fsp3) is 0.346. The molecule has 3 heterocycles. The minimum absolute atomic E-state index is 0.0437. The van der Waals surface area contributed by atoms with Crippen molar-refractivity contribution in [3.05, 3.63) is 73.1 Å². The molecule has 1 saturated heterocycles. The van der Waals surface area contributed by atoms with E-state index in [4.69, 9.17) is 4.74 Å². The number of imide groups is 1. The Morgan fingerprint density at radius 2 is 1.66 bits per heavy atom. The van der Waals surface area contributed by atoms with E-state index in [1.165, 1.54) is 16.2 Å². The molecule has 2 bridgehead atoms. The van der Waals surface area contributed by atoms with Crippen LogP contribution in [0.2, 0.25) is 0 Å². The normalized spacial score (nSPS) is 32.5. The standard InChI is InChI=1S/C26H21BrN2O4S2/c1-33-14-8-6-13(7-9-14)29-24(30)19-15-10-16(20(19)25(29)31)21-18(15)17(11-2-4-12(27)5-3-11)22-23(34-21)28-26(32)35-22/h2-9,15-21H,10H2,1H3,(H,28,32)/t15-,16-,17+,18+,19+,20+,21-/m1/s1. The van der Waals surface area contributed by atoms with E-state index < -0.39 is 0 Å². The molecule has 2 amide bonds. The number of amides is 2. The number of thiazole rings is 1. The number of hydrogen-bond donors (Lipinski definition) is 1. The second-order valence-electron chi connectivity index (χ2n) is 9.72. The number of thioether (sulfide) groups is 1. The number of carbonyl (C=O) groups is 2. The van der Waals surface area contributed by atoms with E-state index in [0.717, 1.165) is 26.4 Å². The molecule has 0 unspecified atom stereocenters. The van der Waals surface area contributed by atoms with Gasteiger partial charge in [0.15, 0.2) is 0 Å². The zero-order chi connectivity index (χ0) is 24.0. The smallest absolute Gasteiger partial charge is 0.305 e. The first-order chi connectivity index (χ1) is 17.0. The lowest BCUT2D eigenvalue weighted by Gasteiger charge is -2.43. The highest BCUT2D eigenvalue weighted by molar-refractivity contribution is 9.10. The van der Waals surface area contributed by atoms with Crippen molar-refractivity contribution in [1.29, 1.82) is 0 Å². The molecule has 3 aromatic rings. The zero-order valence-corrected chi connectivity index (χ0v) is 21.9. The molecule has 2 aliphatic heterocycles. The lowest BCUT2D eigenvalue weighted by atomic mass is 9.68. The van der Waals surface area contributed by atoms with Gasteiger partial charge in [0, 0.05) is 20.5 Å². The number of nitrogens with zero attached hydrogens (tertiary/aromatic N) is 1. The van der Waals surface area contributed by atoms with Crippen LogP contribution in [0.5, 0.6) is 5.75 Å². The summed E-state index contributed by atoms with van der Waals surface area (Å²) in [5, 5.41) is 1.13. The van der Waals surface area contributed by atoms with E-state index in [0.29, 0.717) is 11.4 Å². The number of rotatable bonds is 3. The predicted molar refractivity (Wildman–Crippen MR) is 138 cm³/mol. The van der Waals surface area contributed by atoms with Crippen LogP contribution in [0.25, 0.3) is 0 Å². The predicted octanol–water partition coefficient (Wildman–Crippen LogP) is 4.89. The fourth-order valence-corrected chi connectivity index (χ4v) is 10.2. The molecule has 178 valence electrons. The number of benzene rings is 2. The Morgan fingerprint density at radius 1 is 0.971 bits per heavy atom. The number of fused-ring (bicyclic) bond motifs is 9. The van der Waals surface area contributed by atoms with Gasteiger partial charge in [-0.2, -0.15) is 0 Å². The number of carbonyl (C=O) groups excluding carboxylic acids is 2. The molecule has 35 heavy (non-hydrogen) atoms. The van der Waals surface area contributed by atoms with Gasteiger partial charge in [-0.05, 0) is 66.1 Å². The number of aromatic nitrogens is 1. The van der Waals surface area contributed by atoms with Crippen molar-refractivity contribution in [3.8, 4) is 5.75 Å². The van der Waals surface area contributed by atoms with Crippen LogP contribution in [0.15, 0.2) is 62.8 Å². The van der Waals surface area contributed by atoms with Gasteiger partial charge in [-0.1, -0.05) is 39.4 Å². The maximum Gasteiger partial charge on any atom is 0.305 e. The molecule has 2 saturated carbocycles. The van der Waals surface area contributed by atoms with Gasteiger partial charge >= 0.3 is 4.87 Å². The summed E-state index contributed by atoms with van der Waals surface area (Å²) < 4.78 is 6.25. The first-order valence-electron chi connectivity index (χ1n) is 11.6. The zero-order valence-electron chi connectivity index (χ0n) is 18.6. The van der Waals surface area contributed by atoms with Gasteiger partial charge < -0.3 is 9.72 Å². The van der Waals surface area contributed by atoms with Crippen molar-refractivity contribution in [2.45, 2.75) is 22.6 Å². The monoisotopic (exact) mass is 568 g/mol. The van der Waals surface area contributed by atoms with Crippen LogP contribution < -0.4 is 14.5 Å². The highest BCUT2D eigenvalue weighted by Gasteiger charge is 2.69. The Kier molecular flexibility index (Phi) is 4.89. The third-order valence-electron chi connectivity index (χ3n) is 8.28. The number of nitrogens with one attached hydrogen (secondary N) is 1. The highest BCUT2D eigenvalue weighted by atomic mass is 79.9. The van der Waals surface area contributed by atoms with E-state index in [2.05, 4.69) is 33.0 Å². The molecule has 2 aromatic carbocycles. The summed E-state index contributed by atoms with van der Waals surface area (Å²) in [5.41, 5.74) is 1.77. The summed E-state index contributed by atoms with van der Waals surface area (Å²) in [6, 6.07) is 15.4. The SMILES string of the molecule is COc1ccc(N2C(=O)[C@H]3[C@H]4C[C@@H]([C@@H]3C2=O)[C@H]2[C@H](c3ccc(Br)cc3)c3sc(=O)[nH]c3S[C@H]42)cc1. The lowest BCUT2D eigenvalue weighted by Crippen LogP contribution is -2.42. The van der Waals surface area contributed by atoms with Gasteiger partial charge in [-0.25, -0.2) is 0 Å². The Hall–Kier alpha value is -2.36. The number of H-pyrrole nitrogens is 1. The molecule has 0 radical (unpaired) electrons. The second kappa shape index (κ2) is 7.82. The summed E-state index contributed by atoms with van der Waals surface area (Å²) in [6.07, 6.45) is 0.887. The van der Waals surface area contributed by atoms with Crippen LogP contribution in [-0.2, 0) is 9.59 Å². The Morgan fingerprint density at radius 3 is 2.34 bits per heavy atom. The summed E-state index contributed by atoms with van der Waals surface area (Å²) >= 11 is 6.53. The van der Waals surface area contributed by atoms with Gasteiger partial charge in [0.2, 0.25) is 11.8 Å². The molecule has 9 heteroatoms. The van der Waals surface area contributed by atoms with Crippen molar-refractivity contribution < 1.29 is 14.3 Å². The van der Waals surface area contributed by atoms with E-state index in [-0.39, 0.29) is 57.4 Å². The van der Waals surface area contributed by atoms with Gasteiger partial charge in [-0.3, -0.25) is 19.3 Å². The number of ether oxygens (including phenoxy) is 1. The molecule has 1 aromatic heterocycles. The minimum Gasteiger partial charge on any atom is -0.497 e. The quantitative estimate of drug-likeness (QED) is 0.455. The molecule has 3 fully saturated rings. The molecule has 6 nitrogen and oxygen atoms in total. The van der Waals surface area contributed by atoms with Crippen LogP contribution in [-0.4, -0.2) is 29.2 Å². The molecule has 4 aliphatic rings.